The number of rotatable bonds is 18. The number of ether oxygens (including phenoxy) is 3. The highest BCUT2D eigenvalue weighted by molar-refractivity contribution is 5.88. The van der Waals surface area contributed by atoms with Crippen molar-refractivity contribution in [1.29, 1.82) is 0 Å². The average Bonchev–Trinajstić information content (AvgIpc) is 2.82. The lowest BCUT2D eigenvalue weighted by atomic mass is 9.84. The van der Waals surface area contributed by atoms with Crippen LogP contribution in [0.5, 0.6) is 0 Å². The van der Waals surface area contributed by atoms with Crippen molar-refractivity contribution < 1.29 is 38.5 Å². The van der Waals surface area contributed by atoms with Gasteiger partial charge in [-0.2, -0.15) is 0 Å². The lowest BCUT2D eigenvalue weighted by Gasteiger charge is -2.25. The molecule has 0 amide bonds. The second-order valence-corrected chi connectivity index (χ2v) is 15.0. The predicted octanol–water partition coefficient (Wildman–Crippen LogP) is 8.33. The van der Waals surface area contributed by atoms with Gasteiger partial charge in [-0.3, -0.25) is 14.4 Å². The molecule has 6 unspecified atom stereocenters. The zero-order valence-electron chi connectivity index (χ0n) is 29.9. The van der Waals surface area contributed by atoms with E-state index in [1.54, 1.807) is 54.5 Å². The molecule has 6 atom stereocenters. The van der Waals surface area contributed by atoms with Gasteiger partial charge >= 0.3 is 23.9 Å². The molecule has 0 fully saturated rings. The van der Waals surface area contributed by atoms with Crippen molar-refractivity contribution in [3.05, 3.63) is 23.3 Å². The summed E-state index contributed by atoms with van der Waals surface area (Å²) < 4.78 is 16.2. The van der Waals surface area contributed by atoms with Crippen LogP contribution in [0.4, 0.5) is 0 Å². The molecule has 8 heteroatoms. The maximum absolute atomic E-state index is 12.9. The Labute approximate surface area is 267 Å². The number of esters is 3. The van der Waals surface area contributed by atoms with Crippen molar-refractivity contribution in [2.45, 2.75) is 140 Å². The highest BCUT2D eigenvalue weighted by atomic mass is 16.6. The molecule has 0 aliphatic carbocycles. The summed E-state index contributed by atoms with van der Waals surface area (Å²) in [5, 5.41) is 9.85. The summed E-state index contributed by atoms with van der Waals surface area (Å²) in [6, 6.07) is 0. The van der Waals surface area contributed by atoms with Gasteiger partial charge in [0.15, 0.2) is 0 Å². The second-order valence-electron chi connectivity index (χ2n) is 15.0. The van der Waals surface area contributed by atoms with Crippen LogP contribution in [0, 0.1) is 35.5 Å². The van der Waals surface area contributed by atoms with Crippen LogP contribution < -0.4 is 0 Å². The molecule has 0 saturated heterocycles. The van der Waals surface area contributed by atoms with Crippen molar-refractivity contribution in [2.75, 3.05) is 6.61 Å². The average molecular weight is 623 g/mol. The zero-order chi connectivity index (χ0) is 34.4. The molecular weight excluding hydrogens is 560 g/mol. The van der Waals surface area contributed by atoms with Gasteiger partial charge in [-0.1, -0.05) is 59.6 Å². The van der Waals surface area contributed by atoms with E-state index in [0.29, 0.717) is 11.8 Å². The first-order valence-corrected chi connectivity index (χ1v) is 16.3. The molecule has 1 N–H and O–H groups in total. The van der Waals surface area contributed by atoms with Gasteiger partial charge in [-0.05, 0) is 104 Å². The SMILES string of the molecule is CCC(C)CC(C)CC(C)CC(C)/C=C(C)/C=C(/CC(C)C(=O)OCC(CC(=O)OC(C)(C)C)C(=O)OC(C)(C)C)C(=O)O. The molecule has 0 aromatic carbocycles. The predicted molar refractivity (Wildman–Crippen MR) is 175 cm³/mol. The molecule has 0 bridgehead atoms. The minimum absolute atomic E-state index is 0.0412. The summed E-state index contributed by atoms with van der Waals surface area (Å²) in [6.07, 6.45) is 7.97. The Morgan fingerprint density at radius 3 is 1.77 bits per heavy atom. The molecule has 44 heavy (non-hydrogen) atoms. The van der Waals surface area contributed by atoms with Crippen molar-refractivity contribution in [1.82, 2.24) is 0 Å². The first kappa shape index (κ1) is 41.4. The molecule has 8 nitrogen and oxygen atoms in total. The van der Waals surface area contributed by atoms with E-state index < -0.39 is 46.9 Å². The van der Waals surface area contributed by atoms with Gasteiger partial charge in [0.2, 0.25) is 0 Å². The highest BCUT2D eigenvalue weighted by Gasteiger charge is 2.31. The number of allylic oxidation sites excluding steroid dienone is 3. The summed E-state index contributed by atoms with van der Waals surface area (Å²) in [6.45, 7) is 24.6. The van der Waals surface area contributed by atoms with Crippen LogP contribution in [0.1, 0.15) is 129 Å². The van der Waals surface area contributed by atoms with Crippen LogP contribution in [0.15, 0.2) is 23.3 Å². The van der Waals surface area contributed by atoms with Crippen LogP contribution in [-0.4, -0.2) is 46.8 Å². The third-order valence-electron chi connectivity index (χ3n) is 7.23. The Bertz CT molecular complexity index is 995. The molecule has 0 heterocycles. The van der Waals surface area contributed by atoms with E-state index in [4.69, 9.17) is 14.2 Å². The largest absolute Gasteiger partial charge is 0.478 e. The lowest BCUT2D eigenvalue weighted by molar-refractivity contribution is -0.171. The van der Waals surface area contributed by atoms with E-state index in [2.05, 4.69) is 40.7 Å². The molecule has 0 aliphatic heterocycles. The third-order valence-corrected chi connectivity index (χ3v) is 7.23. The second kappa shape index (κ2) is 19.0. The van der Waals surface area contributed by atoms with E-state index in [0.717, 1.165) is 17.9 Å². The maximum atomic E-state index is 12.9. The number of carbonyl (C=O) groups excluding carboxylic acids is 3. The van der Waals surface area contributed by atoms with E-state index in [1.807, 2.05) is 6.92 Å². The molecule has 0 rings (SSSR count). The number of hydrogen-bond acceptors (Lipinski definition) is 7. The van der Waals surface area contributed by atoms with Crippen LogP contribution in [0.2, 0.25) is 0 Å². The first-order valence-electron chi connectivity index (χ1n) is 16.3. The fourth-order valence-electron chi connectivity index (χ4n) is 5.33. The van der Waals surface area contributed by atoms with Crippen LogP contribution >= 0.6 is 0 Å². The van der Waals surface area contributed by atoms with Gasteiger partial charge in [0.1, 0.15) is 23.7 Å². The van der Waals surface area contributed by atoms with Gasteiger partial charge in [0.05, 0.1) is 12.3 Å². The summed E-state index contributed by atoms with van der Waals surface area (Å²) in [5.41, 5.74) is -0.607. The molecule has 0 aromatic rings. The van der Waals surface area contributed by atoms with Gasteiger partial charge in [0, 0.05) is 5.57 Å². The minimum Gasteiger partial charge on any atom is -0.478 e. The third kappa shape index (κ3) is 19.6. The summed E-state index contributed by atoms with van der Waals surface area (Å²) >= 11 is 0. The van der Waals surface area contributed by atoms with Crippen molar-refractivity contribution in [2.24, 2.45) is 35.5 Å². The number of carboxylic acid groups (broad SMARTS) is 1. The maximum Gasteiger partial charge on any atom is 0.331 e. The fraction of sp³-hybridized carbons (Fsp3) is 0.778. The van der Waals surface area contributed by atoms with Crippen molar-refractivity contribution in [3.8, 4) is 0 Å². The Kier molecular flexibility index (Phi) is 17.9. The Balaban J connectivity index is 5.39. The van der Waals surface area contributed by atoms with Crippen LogP contribution in [0.3, 0.4) is 0 Å². The zero-order valence-corrected chi connectivity index (χ0v) is 29.9. The Morgan fingerprint density at radius 1 is 0.750 bits per heavy atom. The van der Waals surface area contributed by atoms with Gasteiger partial charge in [-0.15, -0.1) is 0 Å². The van der Waals surface area contributed by atoms with Crippen molar-refractivity contribution >= 4 is 23.9 Å². The molecule has 0 saturated carbocycles. The molecule has 0 radical (unpaired) electrons. The summed E-state index contributed by atoms with van der Waals surface area (Å²) in [4.78, 5) is 50.1. The van der Waals surface area contributed by atoms with Gasteiger partial charge in [-0.25, -0.2) is 4.79 Å². The Morgan fingerprint density at radius 2 is 1.27 bits per heavy atom. The number of hydrogen-bond donors (Lipinski definition) is 1. The van der Waals surface area contributed by atoms with Crippen LogP contribution in [0.25, 0.3) is 0 Å². The molecule has 0 aliphatic rings. The molecule has 254 valence electrons. The van der Waals surface area contributed by atoms with Gasteiger partial charge < -0.3 is 19.3 Å². The smallest absolute Gasteiger partial charge is 0.331 e. The molecule has 0 aromatic heterocycles. The summed E-state index contributed by atoms with van der Waals surface area (Å²) in [7, 11) is 0. The Hall–Kier alpha value is -2.64. The number of aliphatic carboxylic acids is 1. The quantitative estimate of drug-likeness (QED) is 0.0702. The van der Waals surface area contributed by atoms with E-state index in [1.165, 1.54) is 19.3 Å². The van der Waals surface area contributed by atoms with E-state index >= 15 is 0 Å². The normalized spacial score (nSPS) is 17.1. The first-order chi connectivity index (χ1) is 20.0. The number of carbonyl (C=O) groups is 4. The summed E-state index contributed by atoms with van der Waals surface area (Å²) in [5.74, 6) is -2.64. The van der Waals surface area contributed by atoms with E-state index in [9.17, 15) is 24.3 Å². The number of carboxylic acids is 1. The monoisotopic (exact) mass is 622 g/mol. The minimum atomic E-state index is -1.10. The topological polar surface area (TPSA) is 116 Å². The standard InChI is InChI=1S/C36H62O8/c1-14-23(2)15-24(3)16-25(4)17-26(5)18-27(6)19-29(32(38)39)20-28(7)33(40)42-22-30(34(41)44-36(11,12)13)21-31(37)43-35(8,9)10/h18-19,23-26,28,30H,14-17,20-22H2,1-13H3,(H,38,39)/b27-18+,29-19-. The van der Waals surface area contributed by atoms with Crippen molar-refractivity contribution in [3.63, 3.8) is 0 Å². The lowest BCUT2D eigenvalue weighted by Crippen LogP contribution is -2.35. The molecular formula is C36H62O8. The fourth-order valence-corrected chi connectivity index (χ4v) is 5.33. The highest BCUT2D eigenvalue weighted by Crippen LogP contribution is 2.26. The van der Waals surface area contributed by atoms with Crippen LogP contribution in [-0.2, 0) is 33.4 Å². The van der Waals surface area contributed by atoms with Gasteiger partial charge in [0.25, 0.3) is 0 Å². The molecule has 0 spiro atoms. The van der Waals surface area contributed by atoms with E-state index in [-0.39, 0.29) is 30.9 Å².